The molecule has 4 aromatic rings. The smallest absolute Gasteiger partial charge is 0.362 e. The standard InChI is InChI=1S/C40H42F2N2O8/c1-3-46-20-8-5-6-10-22-48-31-14-18-37(43-26-31)39(45)52-30-13-17-34-33-16-12-29(24-35(33)40(41,42)36(34)25-30)50-28-51-38-19-15-32(27-44-38)49-23-11-7-9-21-47-4-2/h3-4,12-19,24-27H,1-2,5-11,20-23,28H2. The average Bonchev–Trinajstić information content (AvgIpc) is 3.38. The van der Waals surface area contributed by atoms with Gasteiger partial charge in [0.25, 0.3) is 5.92 Å². The summed E-state index contributed by atoms with van der Waals surface area (Å²) in [6.45, 7) is 9.14. The quantitative estimate of drug-likeness (QED) is 0.0243. The Morgan fingerprint density at radius 3 is 1.73 bits per heavy atom. The lowest BCUT2D eigenvalue weighted by Crippen LogP contribution is -2.13. The molecule has 0 fully saturated rings. The molecule has 2 aromatic heterocycles. The van der Waals surface area contributed by atoms with Gasteiger partial charge in [0, 0.05) is 17.2 Å². The average molecular weight is 717 g/mol. The van der Waals surface area contributed by atoms with E-state index in [2.05, 4.69) is 23.1 Å². The molecule has 52 heavy (non-hydrogen) atoms. The molecule has 274 valence electrons. The van der Waals surface area contributed by atoms with Gasteiger partial charge in [-0.15, -0.1) is 0 Å². The molecular weight excluding hydrogens is 674 g/mol. The van der Waals surface area contributed by atoms with Crippen LogP contribution in [0.2, 0.25) is 0 Å². The Balaban J connectivity index is 1.08. The first-order valence-electron chi connectivity index (χ1n) is 17.2. The van der Waals surface area contributed by atoms with Crippen molar-refractivity contribution in [2.24, 2.45) is 0 Å². The summed E-state index contributed by atoms with van der Waals surface area (Å²) >= 11 is 0. The van der Waals surface area contributed by atoms with Crippen molar-refractivity contribution in [1.29, 1.82) is 0 Å². The molecule has 10 nitrogen and oxygen atoms in total. The van der Waals surface area contributed by atoms with Crippen LogP contribution in [0.1, 0.15) is 66.6 Å². The first-order chi connectivity index (χ1) is 25.4. The van der Waals surface area contributed by atoms with Crippen molar-refractivity contribution >= 4 is 5.97 Å². The second-order valence-corrected chi connectivity index (χ2v) is 11.7. The summed E-state index contributed by atoms with van der Waals surface area (Å²) in [6.07, 6.45) is 12.5. The van der Waals surface area contributed by atoms with Crippen LogP contribution in [-0.2, 0) is 15.4 Å². The lowest BCUT2D eigenvalue weighted by Gasteiger charge is -2.14. The van der Waals surface area contributed by atoms with Crippen molar-refractivity contribution < 1.29 is 46.7 Å². The second-order valence-electron chi connectivity index (χ2n) is 11.7. The molecule has 0 radical (unpaired) electrons. The van der Waals surface area contributed by atoms with E-state index in [0.717, 1.165) is 44.9 Å². The monoisotopic (exact) mass is 716 g/mol. The number of fused-ring (bicyclic) bond motifs is 3. The number of alkyl halides is 2. The van der Waals surface area contributed by atoms with E-state index in [0.29, 0.717) is 54.9 Å². The summed E-state index contributed by atoms with van der Waals surface area (Å²) in [7, 11) is 0. The van der Waals surface area contributed by atoms with Crippen LogP contribution in [-0.4, -0.2) is 49.2 Å². The zero-order valence-corrected chi connectivity index (χ0v) is 28.9. The Morgan fingerprint density at radius 2 is 1.15 bits per heavy atom. The van der Waals surface area contributed by atoms with Crippen molar-refractivity contribution in [2.75, 3.05) is 33.2 Å². The summed E-state index contributed by atoms with van der Waals surface area (Å²) in [5, 5.41) is 0. The van der Waals surface area contributed by atoms with Gasteiger partial charge < -0.3 is 33.2 Å². The number of unbranched alkanes of at least 4 members (excludes halogenated alkanes) is 5. The molecule has 2 heterocycles. The van der Waals surface area contributed by atoms with Gasteiger partial charge in [-0.05, 0) is 98.5 Å². The van der Waals surface area contributed by atoms with Crippen LogP contribution in [0.3, 0.4) is 0 Å². The lowest BCUT2D eigenvalue weighted by molar-refractivity contribution is 0.0466. The van der Waals surface area contributed by atoms with E-state index in [-0.39, 0.29) is 35.1 Å². The molecule has 0 aliphatic heterocycles. The van der Waals surface area contributed by atoms with Gasteiger partial charge >= 0.3 is 5.97 Å². The third-order valence-corrected chi connectivity index (χ3v) is 8.08. The molecule has 2 aromatic carbocycles. The second kappa shape index (κ2) is 19.1. The Kier molecular flexibility index (Phi) is 13.8. The molecule has 0 atom stereocenters. The van der Waals surface area contributed by atoms with E-state index in [4.69, 9.17) is 33.2 Å². The fourth-order valence-corrected chi connectivity index (χ4v) is 5.43. The molecule has 1 aliphatic carbocycles. The Morgan fingerprint density at radius 1 is 0.615 bits per heavy atom. The molecule has 0 bridgehead atoms. The molecule has 5 rings (SSSR count). The van der Waals surface area contributed by atoms with Gasteiger partial charge in [-0.25, -0.2) is 14.8 Å². The highest BCUT2D eigenvalue weighted by molar-refractivity contribution is 5.89. The predicted molar refractivity (Wildman–Crippen MR) is 190 cm³/mol. The molecule has 0 unspecified atom stereocenters. The molecule has 0 saturated carbocycles. The Labute approximate surface area is 302 Å². The van der Waals surface area contributed by atoms with Gasteiger partial charge in [0.2, 0.25) is 12.7 Å². The number of rotatable bonds is 23. The van der Waals surface area contributed by atoms with Crippen LogP contribution in [0.15, 0.2) is 98.7 Å². The topological polar surface area (TPSA) is 107 Å². The van der Waals surface area contributed by atoms with Crippen LogP contribution < -0.4 is 23.7 Å². The minimum Gasteiger partial charge on any atom is -0.502 e. The number of ether oxygens (including phenoxy) is 7. The van der Waals surface area contributed by atoms with Crippen molar-refractivity contribution in [1.82, 2.24) is 9.97 Å². The summed E-state index contributed by atoms with van der Waals surface area (Å²) < 4.78 is 69.6. The zero-order chi connectivity index (χ0) is 36.6. The largest absolute Gasteiger partial charge is 0.502 e. The number of carbonyl (C=O) groups excluding carboxylic acids is 1. The first-order valence-corrected chi connectivity index (χ1v) is 17.2. The third kappa shape index (κ3) is 10.4. The SMILES string of the molecule is C=COCCCCCCOc1ccc(C(=O)Oc2ccc3c(c2)C(F)(F)c2cc(OCOc4ccc(OCCCCCOC=C)cn4)ccc2-3)nc1. The zero-order valence-electron chi connectivity index (χ0n) is 28.9. The van der Waals surface area contributed by atoms with Gasteiger partial charge in [-0.1, -0.05) is 25.3 Å². The van der Waals surface area contributed by atoms with E-state index in [1.165, 1.54) is 49.1 Å². The Bertz CT molecular complexity index is 1770. The fraction of sp³-hybridized carbons (Fsp3) is 0.325. The summed E-state index contributed by atoms with van der Waals surface area (Å²) in [4.78, 5) is 21.1. The molecular formula is C40H42F2N2O8. The summed E-state index contributed by atoms with van der Waals surface area (Å²) in [5.74, 6) is -2.55. The van der Waals surface area contributed by atoms with Crippen molar-refractivity contribution in [3.8, 4) is 40.0 Å². The summed E-state index contributed by atoms with van der Waals surface area (Å²) in [5.41, 5.74) is 0.202. The summed E-state index contributed by atoms with van der Waals surface area (Å²) in [6, 6.07) is 15.1. The van der Waals surface area contributed by atoms with E-state index >= 15 is 8.78 Å². The van der Waals surface area contributed by atoms with E-state index in [9.17, 15) is 4.79 Å². The lowest BCUT2D eigenvalue weighted by atomic mass is 10.1. The van der Waals surface area contributed by atoms with Crippen molar-refractivity contribution in [3.63, 3.8) is 0 Å². The number of aromatic nitrogens is 2. The number of esters is 1. The molecule has 0 saturated heterocycles. The van der Waals surface area contributed by atoms with Gasteiger partial charge in [-0.3, -0.25) is 0 Å². The number of benzene rings is 2. The van der Waals surface area contributed by atoms with Gasteiger partial charge in [0.05, 0.1) is 51.3 Å². The third-order valence-electron chi connectivity index (χ3n) is 8.08. The number of nitrogens with zero attached hydrogens (tertiary/aromatic N) is 2. The highest BCUT2D eigenvalue weighted by Gasteiger charge is 2.45. The maximum Gasteiger partial charge on any atom is 0.362 e. The molecule has 1 aliphatic rings. The van der Waals surface area contributed by atoms with Crippen molar-refractivity contribution in [3.05, 3.63) is 116 Å². The predicted octanol–water partition coefficient (Wildman–Crippen LogP) is 9.04. The maximum absolute atomic E-state index is 15.7. The van der Waals surface area contributed by atoms with Crippen LogP contribution in [0.25, 0.3) is 11.1 Å². The molecule has 0 N–H and O–H groups in total. The molecule has 0 spiro atoms. The highest BCUT2D eigenvalue weighted by atomic mass is 19.3. The van der Waals surface area contributed by atoms with Crippen LogP contribution in [0.5, 0.6) is 28.9 Å². The first kappa shape index (κ1) is 37.6. The van der Waals surface area contributed by atoms with Gasteiger partial charge in [0.15, 0.2) is 0 Å². The van der Waals surface area contributed by atoms with Crippen LogP contribution in [0.4, 0.5) is 8.78 Å². The van der Waals surface area contributed by atoms with Crippen LogP contribution in [0, 0.1) is 0 Å². The van der Waals surface area contributed by atoms with E-state index < -0.39 is 11.9 Å². The Hall–Kier alpha value is -5.65. The minimum atomic E-state index is -3.36. The fourth-order valence-electron chi connectivity index (χ4n) is 5.43. The minimum absolute atomic E-state index is 0.0193. The molecule has 0 amide bonds. The maximum atomic E-state index is 15.7. The number of hydrogen-bond acceptors (Lipinski definition) is 10. The van der Waals surface area contributed by atoms with Crippen molar-refractivity contribution in [2.45, 2.75) is 50.9 Å². The van der Waals surface area contributed by atoms with E-state index in [1.807, 2.05) is 0 Å². The number of hydrogen-bond donors (Lipinski definition) is 0. The van der Waals surface area contributed by atoms with Gasteiger partial charge in [-0.2, -0.15) is 8.78 Å². The highest BCUT2D eigenvalue weighted by Crippen LogP contribution is 2.52. The molecule has 12 heteroatoms. The number of pyridine rings is 2. The van der Waals surface area contributed by atoms with Gasteiger partial charge in [0.1, 0.15) is 28.7 Å². The normalized spacial score (nSPS) is 12.2. The van der Waals surface area contributed by atoms with E-state index in [1.54, 1.807) is 36.5 Å². The number of carbonyl (C=O) groups is 1. The van der Waals surface area contributed by atoms with Crippen LogP contribution >= 0.6 is 0 Å². The number of halogens is 2.